The Morgan fingerprint density at radius 3 is 2.25 bits per heavy atom. The van der Waals surface area contributed by atoms with Gasteiger partial charge < -0.3 is 10.1 Å². The third kappa shape index (κ3) is 6.28. The average Bonchev–Trinajstić information content (AvgIpc) is 2.49. The van der Waals surface area contributed by atoms with Gasteiger partial charge in [-0.25, -0.2) is 0 Å². The first-order valence-electron chi connectivity index (χ1n) is 7.83. The highest BCUT2D eigenvalue weighted by molar-refractivity contribution is 6.35. The Hall–Kier alpha value is -2.57. The van der Waals surface area contributed by atoms with E-state index >= 15 is 0 Å². The molecular weight excluding hydrogens is 310 g/mol. The number of rotatable bonds is 5. The molecule has 7 heteroatoms. The van der Waals surface area contributed by atoms with Crippen LogP contribution in [-0.2, 0) is 14.4 Å². The molecule has 0 fully saturated rings. The fraction of sp³-hybridized carbons (Fsp3) is 0.471. The topological polar surface area (TPSA) is 96.5 Å². The van der Waals surface area contributed by atoms with Gasteiger partial charge in [0, 0.05) is 6.04 Å². The van der Waals surface area contributed by atoms with Crippen molar-refractivity contribution in [2.75, 3.05) is 6.61 Å². The Balaban J connectivity index is 2.43. The Labute approximate surface area is 142 Å². The summed E-state index contributed by atoms with van der Waals surface area (Å²) in [6.45, 7) is 9.37. The normalized spacial score (nSPS) is 10.5. The summed E-state index contributed by atoms with van der Waals surface area (Å²) >= 11 is 0. The van der Waals surface area contributed by atoms with E-state index in [0.29, 0.717) is 11.7 Å². The predicted octanol–water partition coefficient (Wildman–Crippen LogP) is 1.17. The molecule has 0 saturated carbocycles. The molecule has 0 aliphatic rings. The van der Waals surface area contributed by atoms with E-state index in [0.717, 1.165) is 5.56 Å². The molecule has 0 aliphatic heterocycles. The monoisotopic (exact) mass is 335 g/mol. The Morgan fingerprint density at radius 2 is 1.71 bits per heavy atom. The molecule has 0 aromatic heterocycles. The highest BCUT2D eigenvalue weighted by atomic mass is 16.5. The molecule has 0 heterocycles. The number of ether oxygens (including phenoxy) is 1. The molecule has 1 aromatic rings. The number of hydrogen-bond acceptors (Lipinski definition) is 4. The van der Waals surface area contributed by atoms with Crippen LogP contribution < -0.4 is 20.9 Å². The largest absolute Gasteiger partial charge is 0.484 e. The second kappa shape index (κ2) is 8.90. The fourth-order valence-corrected chi connectivity index (χ4v) is 2.08. The van der Waals surface area contributed by atoms with Crippen molar-refractivity contribution in [3.8, 4) is 5.75 Å². The van der Waals surface area contributed by atoms with E-state index in [4.69, 9.17) is 4.74 Å². The molecule has 0 radical (unpaired) electrons. The quantitative estimate of drug-likeness (QED) is 0.556. The summed E-state index contributed by atoms with van der Waals surface area (Å²) in [5.41, 5.74) is 6.46. The van der Waals surface area contributed by atoms with Crippen LogP contribution in [0.25, 0.3) is 0 Å². The zero-order valence-electron chi connectivity index (χ0n) is 14.7. The first-order chi connectivity index (χ1) is 11.2. The summed E-state index contributed by atoms with van der Waals surface area (Å²) in [6.07, 6.45) is 0. The van der Waals surface area contributed by atoms with Gasteiger partial charge in [0.1, 0.15) is 5.75 Å². The van der Waals surface area contributed by atoms with Gasteiger partial charge in [0.15, 0.2) is 6.61 Å². The van der Waals surface area contributed by atoms with E-state index in [1.807, 2.05) is 24.5 Å². The van der Waals surface area contributed by atoms with E-state index in [-0.39, 0.29) is 12.6 Å². The average molecular weight is 335 g/mol. The van der Waals surface area contributed by atoms with Crippen molar-refractivity contribution in [2.45, 2.75) is 46.6 Å². The SMILES string of the molecule is Cc1cc(OCC(=O)NNC(=O)C(=O)NC(C)C)ccc1C(C)C. The molecule has 0 saturated heterocycles. The number of nitrogens with one attached hydrogen (secondary N) is 3. The minimum atomic E-state index is -0.936. The van der Waals surface area contributed by atoms with Crippen LogP contribution in [0.5, 0.6) is 5.75 Å². The zero-order valence-corrected chi connectivity index (χ0v) is 14.7. The van der Waals surface area contributed by atoms with E-state index in [2.05, 4.69) is 24.6 Å². The molecule has 0 bridgehead atoms. The summed E-state index contributed by atoms with van der Waals surface area (Å²) in [6, 6.07) is 5.45. The van der Waals surface area contributed by atoms with E-state index in [1.165, 1.54) is 5.56 Å². The van der Waals surface area contributed by atoms with Crippen molar-refractivity contribution in [3.63, 3.8) is 0 Å². The lowest BCUT2D eigenvalue weighted by atomic mass is 9.98. The molecule has 0 unspecified atom stereocenters. The lowest BCUT2D eigenvalue weighted by Crippen LogP contribution is -2.50. The molecule has 3 amide bonds. The molecule has 132 valence electrons. The maximum absolute atomic E-state index is 11.6. The van der Waals surface area contributed by atoms with E-state index in [9.17, 15) is 14.4 Å². The number of amides is 3. The maximum atomic E-state index is 11.6. The summed E-state index contributed by atoms with van der Waals surface area (Å²) < 4.78 is 5.38. The first kappa shape index (κ1) is 19.5. The van der Waals surface area contributed by atoms with Crippen molar-refractivity contribution in [1.29, 1.82) is 0 Å². The van der Waals surface area contributed by atoms with Crippen LogP contribution in [0.15, 0.2) is 18.2 Å². The maximum Gasteiger partial charge on any atom is 0.327 e. The molecule has 0 aliphatic carbocycles. The van der Waals surface area contributed by atoms with Crippen LogP contribution in [-0.4, -0.2) is 30.4 Å². The van der Waals surface area contributed by atoms with Crippen molar-refractivity contribution in [2.24, 2.45) is 0 Å². The molecule has 1 rings (SSSR count). The van der Waals surface area contributed by atoms with Crippen LogP contribution in [0.4, 0.5) is 0 Å². The number of benzene rings is 1. The third-order valence-corrected chi connectivity index (χ3v) is 3.17. The number of carbonyl (C=O) groups excluding carboxylic acids is 3. The lowest BCUT2D eigenvalue weighted by molar-refractivity contribution is -0.141. The van der Waals surface area contributed by atoms with Gasteiger partial charge in [0.05, 0.1) is 0 Å². The molecule has 0 atom stereocenters. The first-order valence-corrected chi connectivity index (χ1v) is 7.83. The van der Waals surface area contributed by atoms with Crippen molar-refractivity contribution < 1.29 is 19.1 Å². The minimum Gasteiger partial charge on any atom is -0.484 e. The smallest absolute Gasteiger partial charge is 0.327 e. The number of hydrazine groups is 1. The van der Waals surface area contributed by atoms with E-state index in [1.54, 1.807) is 19.9 Å². The number of aryl methyl sites for hydroxylation is 1. The standard InChI is InChI=1S/C17H25N3O4/c1-10(2)14-7-6-13(8-12(14)5)24-9-15(21)19-20-17(23)16(22)18-11(3)4/h6-8,10-11H,9H2,1-5H3,(H,18,22)(H,19,21)(H,20,23). The number of carbonyl (C=O) groups is 3. The van der Waals surface area contributed by atoms with Crippen molar-refractivity contribution >= 4 is 17.7 Å². The van der Waals surface area contributed by atoms with Gasteiger partial charge >= 0.3 is 11.8 Å². The van der Waals surface area contributed by atoms with Crippen molar-refractivity contribution in [3.05, 3.63) is 29.3 Å². The summed E-state index contributed by atoms with van der Waals surface area (Å²) in [4.78, 5) is 34.4. The fourth-order valence-electron chi connectivity index (χ4n) is 2.08. The van der Waals surface area contributed by atoms with Crippen LogP contribution in [0.3, 0.4) is 0 Å². The predicted molar refractivity (Wildman–Crippen MR) is 90.3 cm³/mol. The van der Waals surface area contributed by atoms with Crippen LogP contribution in [0.2, 0.25) is 0 Å². The number of hydrogen-bond donors (Lipinski definition) is 3. The van der Waals surface area contributed by atoms with Gasteiger partial charge in [-0.05, 0) is 49.9 Å². The van der Waals surface area contributed by atoms with Gasteiger partial charge in [0.25, 0.3) is 5.91 Å². The molecule has 1 aromatic carbocycles. The lowest BCUT2D eigenvalue weighted by Gasteiger charge is -2.13. The summed E-state index contributed by atoms with van der Waals surface area (Å²) in [5.74, 6) is -1.34. The van der Waals surface area contributed by atoms with Gasteiger partial charge in [0.2, 0.25) is 0 Å². The molecule has 3 N–H and O–H groups in total. The Bertz CT molecular complexity index is 612. The minimum absolute atomic E-state index is 0.167. The zero-order chi connectivity index (χ0) is 18.3. The van der Waals surface area contributed by atoms with E-state index < -0.39 is 17.7 Å². The van der Waals surface area contributed by atoms with Gasteiger partial charge in [-0.15, -0.1) is 0 Å². The highest BCUT2D eigenvalue weighted by Gasteiger charge is 2.15. The molecule has 7 nitrogen and oxygen atoms in total. The Kier molecular flexibility index (Phi) is 7.23. The molecular formula is C17H25N3O4. The van der Waals surface area contributed by atoms with Crippen LogP contribution in [0.1, 0.15) is 44.7 Å². The summed E-state index contributed by atoms with van der Waals surface area (Å²) in [7, 11) is 0. The van der Waals surface area contributed by atoms with Crippen molar-refractivity contribution in [1.82, 2.24) is 16.2 Å². The van der Waals surface area contributed by atoms with Gasteiger partial charge in [-0.1, -0.05) is 19.9 Å². The van der Waals surface area contributed by atoms with Gasteiger partial charge in [-0.3, -0.25) is 25.2 Å². The van der Waals surface area contributed by atoms with Gasteiger partial charge in [-0.2, -0.15) is 0 Å². The van der Waals surface area contributed by atoms with Crippen LogP contribution in [0, 0.1) is 6.92 Å². The second-order valence-corrected chi connectivity index (χ2v) is 6.09. The molecule has 24 heavy (non-hydrogen) atoms. The third-order valence-electron chi connectivity index (χ3n) is 3.17. The summed E-state index contributed by atoms with van der Waals surface area (Å²) in [5, 5.41) is 2.41. The Morgan fingerprint density at radius 1 is 1.04 bits per heavy atom. The molecule has 0 spiro atoms. The second-order valence-electron chi connectivity index (χ2n) is 6.09. The highest BCUT2D eigenvalue weighted by Crippen LogP contribution is 2.23. The van der Waals surface area contributed by atoms with Crippen LogP contribution >= 0.6 is 0 Å².